The highest BCUT2D eigenvalue weighted by Gasteiger charge is 2.22. The normalized spacial score (nSPS) is 11.0. The molecule has 0 saturated heterocycles. The van der Waals surface area contributed by atoms with Crippen LogP contribution in [0.5, 0.6) is 0 Å². The summed E-state index contributed by atoms with van der Waals surface area (Å²) < 4.78 is 36.2. The highest BCUT2D eigenvalue weighted by Crippen LogP contribution is 2.26. The van der Waals surface area contributed by atoms with Crippen LogP contribution in [0.3, 0.4) is 0 Å². The number of hydrogen-bond acceptors (Lipinski definition) is 6. The van der Waals surface area contributed by atoms with Gasteiger partial charge in [-0.05, 0) is 29.7 Å². The molecular weight excluding hydrogens is 432 g/mol. The third-order valence-corrected chi connectivity index (χ3v) is 4.74. The molecule has 0 fully saturated rings. The molecule has 2 heterocycles. The van der Waals surface area contributed by atoms with Gasteiger partial charge in [0.15, 0.2) is 0 Å². The van der Waals surface area contributed by atoms with E-state index in [1.165, 1.54) is 16.8 Å². The van der Waals surface area contributed by atoms with Gasteiger partial charge in [-0.3, -0.25) is 0 Å². The number of hydrogen-bond donors (Lipinski definition) is 1. The third-order valence-electron chi connectivity index (χ3n) is 4.74. The Hall–Kier alpha value is -3.14. The van der Waals surface area contributed by atoms with Crippen LogP contribution in [0.15, 0.2) is 79.0 Å². The Morgan fingerprint density at radius 2 is 1.44 bits per heavy atom. The van der Waals surface area contributed by atoms with E-state index in [9.17, 15) is 0 Å². The molecule has 2 aromatic carbocycles. The van der Waals surface area contributed by atoms with Gasteiger partial charge in [0.1, 0.15) is 17.6 Å². The number of unbranched alkanes of at least 4 members (excludes halogenated alkanes) is 1. The molecule has 0 aliphatic carbocycles. The molecule has 4 rings (SSSR count). The number of aryl methyl sites for hydroxylation is 1. The van der Waals surface area contributed by atoms with Crippen LogP contribution >= 0.6 is 0 Å². The van der Waals surface area contributed by atoms with Crippen molar-refractivity contribution in [2.45, 2.75) is 26.2 Å². The minimum atomic E-state index is -4.94. The predicted molar refractivity (Wildman–Crippen MR) is 107 cm³/mol. The topological polar surface area (TPSA) is 138 Å². The zero-order valence-corrected chi connectivity index (χ0v) is 18.2. The molecule has 32 heavy (non-hydrogen) atoms. The summed E-state index contributed by atoms with van der Waals surface area (Å²) in [6.07, 6.45) is 5.05. The van der Waals surface area contributed by atoms with Crippen molar-refractivity contribution in [3.63, 3.8) is 0 Å². The molecule has 0 saturated carbocycles. The number of benzene rings is 2. The predicted octanol–water partition coefficient (Wildman–Crippen LogP) is 0.00200. The lowest BCUT2D eigenvalue weighted by Gasteiger charge is -2.17. The van der Waals surface area contributed by atoms with E-state index in [-0.39, 0.29) is 0 Å². The molecule has 0 unspecified atom stereocenters. The van der Waals surface area contributed by atoms with Crippen LogP contribution < -0.4 is 23.2 Å². The van der Waals surface area contributed by atoms with Crippen LogP contribution in [0, 0.1) is 10.2 Å². The summed E-state index contributed by atoms with van der Waals surface area (Å²) in [4.78, 5) is 0. The van der Waals surface area contributed by atoms with Gasteiger partial charge in [0, 0.05) is 12.0 Å². The van der Waals surface area contributed by atoms with Crippen LogP contribution in [0.4, 0.5) is 0 Å². The SMILES string of the molecule is CCCCc1cc(-c2ccccc2)cc(-c2ccccc2)[n+]1-c1cn[nH]n1.[O-][Cl+3]([O-])([O-])[O-]. The summed E-state index contributed by atoms with van der Waals surface area (Å²) in [6.45, 7) is 2.22. The Kier molecular flexibility index (Phi) is 8.04. The summed E-state index contributed by atoms with van der Waals surface area (Å²) in [7, 11) is -4.94. The van der Waals surface area contributed by atoms with E-state index in [1.807, 2.05) is 6.07 Å². The average Bonchev–Trinajstić information content (AvgIpc) is 3.31. The Bertz CT molecular complexity index is 1100. The fraction of sp³-hybridized carbons (Fsp3) is 0.174. The standard InChI is InChI=1S/C23H23N4.ClHO4/c1-2-3-14-21-15-20(18-10-6-4-7-11-18)16-22(19-12-8-5-9-13-19)27(21)23-17-24-26-25-23;2-1(3,4)5/h4-13,15-17H,2-3,14H2,1H3,(H,24,25,26);(H,2,3,4,5)/q+1;/p-1. The number of halogens is 1. The molecule has 2 aromatic heterocycles. The fourth-order valence-corrected chi connectivity index (χ4v) is 3.39. The lowest BCUT2D eigenvalue weighted by molar-refractivity contribution is -2.00. The van der Waals surface area contributed by atoms with Crippen molar-refractivity contribution in [1.82, 2.24) is 15.4 Å². The molecule has 0 amide bonds. The first-order valence-corrected chi connectivity index (χ1v) is 11.3. The summed E-state index contributed by atoms with van der Waals surface area (Å²) in [5.74, 6) is 0.819. The number of pyridine rings is 1. The number of rotatable bonds is 6. The van der Waals surface area contributed by atoms with Crippen LogP contribution in [-0.4, -0.2) is 15.4 Å². The molecule has 0 atom stereocenters. The van der Waals surface area contributed by atoms with Crippen molar-refractivity contribution < 1.29 is 33.4 Å². The minimum Gasteiger partial charge on any atom is -0.222 e. The first kappa shape index (κ1) is 23.5. The minimum absolute atomic E-state index is 0.819. The Morgan fingerprint density at radius 1 is 0.844 bits per heavy atom. The van der Waals surface area contributed by atoms with E-state index in [1.54, 1.807) is 6.20 Å². The van der Waals surface area contributed by atoms with E-state index < -0.39 is 10.2 Å². The average molecular weight is 455 g/mol. The number of aromatic amines is 1. The van der Waals surface area contributed by atoms with Crippen molar-refractivity contribution in [1.29, 1.82) is 0 Å². The van der Waals surface area contributed by atoms with E-state index in [0.717, 1.165) is 36.3 Å². The highest BCUT2D eigenvalue weighted by atomic mass is 35.7. The molecule has 0 radical (unpaired) electrons. The lowest BCUT2D eigenvalue weighted by atomic mass is 10.00. The first-order chi connectivity index (χ1) is 15.4. The van der Waals surface area contributed by atoms with Gasteiger partial charge in [-0.1, -0.05) is 74.0 Å². The maximum Gasteiger partial charge on any atom is 0.375 e. The maximum atomic E-state index is 8.49. The summed E-state index contributed by atoms with van der Waals surface area (Å²) in [5, 5.41) is 11.2. The molecule has 4 aromatic rings. The molecule has 0 aliphatic heterocycles. The fourth-order valence-electron chi connectivity index (χ4n) is 3.39. The van der Waals surface area contributed by atoms with Crippen LogP contribution in [0.2, 0.25) is 0 Å². The largest absolute Gasteiger partial charge is 0.375 e. The second kappa shape index (κ2) is 10.9. The molecule has 1 N–H and O–H groups in total. The summed E-state index contributed by atoms with van der Waals surface area (Å²) in [6, 6.07) is 25.6. The van der Waals surface area contributed by atoms with E-state index >= 15 is 0 Å². The molecule has 0 bridgehead atoms. The quantitative estimate of drug-likeness (QED) is 0.407. The van der Waals surface area contributed by atoms with Crippen LogP contribution in [0.1, 0.15) is 25.5 Å². The molecule has 0 aliphatic rings. The molecule has 0 spiro atoms. The summed E-state index contributed by atoms with van der Waals surface area (Å²) >= 11 is 0. The van der Waals surface area contributed by atoms with Crippen molar-refractivity contribution in [2.75, 3.05) is 0 Å². The van der Waals surface area contributed by atoms with Crippen molar-refractivity contribution in [2.24, 2.45) is 0 Å². The van der Waals surface area contributed by atoms with Crippen molar-refractivity contribution in [3.8, 4) is 28.2 Å². The third kappa shape index (κ3) is 6.68. The van der Waals surface area contributed by atoms with Gasteiger partial charge >= 0.3 is 5.82 Å². The second-order valence-corrected chi connectivity index (χ2v) is 7.75. The number of nitrogens with zero attached hydrogens (tertiary/aromatic N) is 3. The Morgan fingerprint density at radius 3 is 1.97 bits per heavy atom. The number of aromatic nitrogens is 4. The zero-order valence-electron chi connectivity index (χ0n) is 17.5. The van der Waals surface area contributed by atoms with Crippen LogP contribution in [0.25, 0.3) is 28.2 Å². The van der Waals surface area contributed by atoms with E-state index in [2.05, 4.69) is 93.6 Å². The van der Waals surface area contributed by atoms with Crippen LogP contribution in [-0.2, 0) is 6.42 Å². The van der Waals surface area contributed by atoms with Gasteiger partial charge in [0.25, 0.3) is 0 Å². The smallest absolute Gasteiger partial charge is 0.222 e. The van der Waals surface area contributed by atoms with Gasteiger partial charge in [-0.2, -0.15) is 4.57 Å². The van der Waals surface area contributed by atoms with Gasteiger partial charge in [-0.25, -0.2) is 18.6 Å². The second-order valence-electron chi connectivity index (χ2n) is 7.00. The Labute approximate surface area is 188 Å². The van der Waals surface area contributed by atoms with E-state index in [4.69, 9.17) is 18.6 Å². The molecular formula is C23H23ClN4O4. The first-order valence-electron chi connectivity index (χ1n) is 10.0. The summed E-state index contributed by atoms with van der Waals surface area (Å²) in [5.41, 5.74) is 5.97. The zero-order chi connectivity index (χ0) is 23.0. The van der Waals surface area contributed by atoms with Crippen molar-refractivity contribution in [3.05, 3.63) is 84.7 Å². The number of H-pyrrole nitrogens is 1. The Balaban J connectivity index is 0.000000523. The van der Waals surface area contributed by atoms with E-state index in [0.29, 0.717) is 0 Å². The molecule has 8 nitrogen and oxygen atoms in total. The van der Waals surface area contributed by atoms with Crippen molar-refractivity contribution >= 4 is 0 Å². The molecule has 9 heteroatoms. The lowest BCUT2D eigenvalue weighted by Crippen LogP contribution is -2.68. The van der Waals surface area contributed by atoms with Gasteiger partial charge in [0.05, 0.1) is 5.10 Å². The van der Waals surface area contributed by atoms with Gasteiger partial charge < -0.3 is 0 Å². The van der Waals surface area contributed by atoms with Gasteiger partial charge in [-0.15, -0.1) is 20.6 Å². The van der Waals surface area contributed by atoms with Gasteiger partial charge in [0.2, 0.25) is 0 Å². The monoisotopic (exact) mass is 454 g/mol. The highest BCUT2D eigenvalue weighted by molar-refractivity contribution is 5.69. The maximum absolute atomic E-state index is 8.49. The molecule has 166 valence electrons. The number of nitrogens with one attached hydrogen (secondary N) is 1.